The fourth-order valence-electron chi connectivity index (χ4n) is 2.10. The van der Waals surface area contributed by atoms with Crippen LogP contribution >= 0.6 is 0 Å². The fourth-order valence-corrected chi connectivity index (χ4v) is 2.10. The van der Waals surface area contributed by atoms with Gasteiger partial charge in [0.05, 0.1) is 6.61 Å². The molecular formula is C17H30N2O. The molecule has 0 saturated heterocycles. The van der Waals surface area contributed by atoms with Crippen LogP contribution in [-0.2, 0) is 17.8 Å². The smallest absolute Gasteiger partial charge is 0.0589 e. The predicted octanol–water partition coefficient (Wildman–Crippen LogP) is 2.90. The third kappa shape index (κ3) is 7.04. The second-order valence-corrected chi connectivity index (χ2v) is 5.70. The molecule has 0 aromatic heterocycles. The molecule has 20 heavy (non-hydrogen) atoms. The minimum Gasteiger partial charge on any atom is -0.383 e. The van der Waals surface area contributed by atoms with E-state index in [2.05, 4.69) is 55.3 Å². The molecule has 0 heterocycles. The SMILES string of the molecule is CCN(CCOC)Cc1ccc(CNCC(C)C)cc1. The molecule has 0 bridgehead atoms. The summed E-state index contributed by atoms with van der Waals surface area (Å²) in [4.78, 5) is 2.40. The Morgan fingerprint density at radius 3 is 2.35 bits per heavy atom. The number of ether oxygens (including phenoxy) is 1. The largest absolute Gasteiger partial charge is 0.383 e. The maximum absolute atomic E-state index is 5.14. The Morgan fingerprint density at radius 1 is 1.15 bits per heavy atom. The van der Waals surface area contributed by atoms with E-state index in [0.717, 1.165) is 39.3 Å². The first kappa shape index (κ1) is 17.2. The van der Waals surface area contributed by atoms with Gasteiger partial charge in [0.1, 0.15) is 0 Å². The summed E-state index contributed by atoms with van der Waals surface area (Å²) in [5.74, 6) is 0.702. The van der Waals surface area contributed by atoms with Gasteiger partial charge in [0, 0.05) is 26.7 Å². The zero-order valence-corrected chi connectivity index (χ0v) is 13.5. The lowest BCUT2D eigenvalue weighted by molar-refractivity contribution is 0.147. The normalized spacial score (nSPS) is 11.5. The molecule has 0 unspecified atom stereocenters. The Hall–Kier alpha value is -0.900. The van der Waals surface area contributed by atoms with Crippen molar-refractivity contribution in [2.75, 3.05) is 33.4 Å². The lowest BCUT2D eigenvalue weighted by Gasteiger charge is -2.20. The minimum atomic E-state index is 0.702. The van der Waals surface area contributed by atoms with Crippen molar-refractivity contribution in [2.24, 2.45) is 5.92 Å². The zero-order valence-electron chi connectivity index (χ0n) is 13.5. The summed E-state index contributed by atoms with van der Waals surface area (Å²) >= 11 is 0. The molecule has 3 nitrogen and oxygen atoms in total. The molecule has 1 aromatic carbocycles. The van der Waals surface area contributed by atoms with Gasteiger partial charge in [0.2, 0.25) is 0 Å². The maximum atomic E-state index is 5.14. The number of rotatable bonds is 10. The number of nitrogens with zero attached hydrogens (tertiary/aromatic N) is 1. The van der Waals surface area contributed by atoms with Crippen LogP contribution in [0.4, 0.5) is 0 Å². The molecule has 0 aliphatic rings. The van der Waals surface area contributed by atoms with Gasteiger partial charge in [0.25, 0.3) is 0 Å². The van der Waals surface area contributed by atoms with Gasteiger partial charge in [-0.1, -0.05) is 45.0 Å². The average molecular weight is 278 g/mol. The number of nitrogens with one attached hydrogen (secondary N) is 1. The second kappa shape index (κ2) is 9.92. The first-order valence-corrected chi connectivity index (χ1v) is 7.65. The van der Waals surface area contributed by atoms with Gasteiger partial charge in [-0.15, -0.1) is 0 Å². The van der Waals surface area contributed by atoms with Crippen LogP contribution < -0.4 is 5.32 Å². The lowest BCUT2D eigenvalue weighted by atomic mass is 10.1. The molecule has 0 radical (unpaired) electrons. The van der Waals surface area contributed by atoms with Crippen LogP contribution in [0.15, 0.2) is 24.3 Å². The molecule has 0 spiro atoms. The van der Waals surface area contributed by atoms with Gasteiger partial charge in [-0.3, -0.25) is 4.90 Å². The summed E-state index contributed by atoms with van der Waals surface area (Å²) in [6.45, 7) is 12.5. The van der Waals surface area contributed by atoms with E-state index in [1.54, 1.807) is 7.11 Å². The number of hydrogen-bond acceptors (Lipinski definition) is 3. The number of benzene rings is 1. The Morgan fingerprint density at radius 2 is 1.80 bits per heavy atom. The van der Waals surface area contributed by atoms with Gasteiger partial charge >= 0.3 is 0 Å². The van der Waals surface area contributed by atoms with E-state index in [4.69, 9.17) is 4.74 Å². The van der Waals surface area contributed by atoms with Crippen molar-refractivity contribution < 1.29 is 4.74 Å². The molecule has 0 atom stereocenters. The monoisotopic (exact) mass is 278 g/mol. The van der Waals surface area contributed by atoms with Crippen LogP contribution in [0, 0.1) is 5.92 Å². The number of likely N-dealkylation sites (N-methyl/N-ethyl adjacent to an activating group) is 1. The minimum absolute atomic E-state index is 0.702. The summed E-state index contributed by atoms with van der Waals surface area (Å²) in [7, 11) is 1.76. The maximum Gasteiger partial charge on any atom is 0.0589 e. The van der Waals surface area contributed by atoms with E-state index in [9.17, 15) is 0 Å². The van der Waals surface area contributed by atoms with Crippen molar-refractivity contribution in [3.8, 4) is 0 Å². The zero-order chi connectivity index (χ0) is 14.8. The first-order valence-electron chi connectivity index (χ1n) is 7.65. The summed E-state index contributed by atoms with van der Waals surface area (Å²) < 4.78 is 5.14. The molecule has 1 N–H and O–H groups in total. The molecule has 0 aliphatic heterocycles. The van der Waals surface area contributed by atoms with Gasteiger partial charge < -0.3 is 10.1 Å². The molecular weight excluding hydrogens is 248 g/mol. The van der Waals surface area contributed by atoms with Crippen molar-refractivity contribution >= 4 is 0 Å². The lowest BCUT2D eigenvalue weighted by Crippen LogP contribution is -2.26. The Kier molecular flexibility index (Phi) is 8.51. The third-order valence-electron chi connectivity index (χ3n) is 3.37. The van der Waals surface area contributed by atoms with Crippen LogP contribution in [0.2, 0.25) is 0 Å². The standard InChI is InChI=1S/C17H30N2O/c1-5-19(10-11-20-4)14-17-8-6-16(7-9-17)13-18-12-15(2)3/h6-9,15,18H,5,10-14H2,1-4H3. The molecule has 114 valence electrons. The van der Waals surface area contributed by atoms with Gasteiger partial charge in [0.15, 0.2) is 0 Å². The summed E-state index contributed by atoms with van der Waals surface area (Å²) in [6.07, 6.45) is 0. The number of methoxy groups -OCH3 is 1. The van der Waals surface area contributed by atoms with Gasteiger partial charge in [-0.05, 0) is 30.1 Å². The van der Waals surface area contributed by atoms with Crippen LogP contribution in [0.3, 0.4) is 0 Å². The van der Waals surface area contributed by atoms with Crippen LogP contribution in [0.25, 0.3) is 0 Å². The van der Waals surface area contributed by atoms with Crippen molar-refractivity contribution in [3.63, 3.8) is 0 Å². The highest BCUT2D eigenvalue weighted by atomic mass is 16.5. The Labute approximate surface area is 124 Å². The topological polar surface area (TPSA) is 24.5 Å². The molecule has 0 fully saturated rings. The quantitative estimate of drug-likeness (QED) is 0.712. The Balaban J connectivity index is 2.40. The van der Waals surface area contributed by atoms with E-state index in [0.29, 0.717) is 5.92 Å². The number of hydrogen-bond donors (Lipinski definition) is 1. The summed E-state index contributed by atoms with van der Waals surface area (Å²) in [5.41, 5.74) is 2.73. The van der Waals surface area contributed by atoms with Crippen LogP contribution in [0.1, 0.15) is 31.9 Å². The molecule has 0 saturated carbocycles. The van der Waals surface area contributed by atoms with E-state index in [-0.39, 0.29) is 0 Å². The average Bonchev–Trinajstić information content (AvgIpc) is 2.44. The van der Waals surface area contributed by atoms with Crippen molar-refractivity contribution in [2.45, 2.75) is 33.9 Å². The molecule has 3 heteroatoms. The summed E-state index contributed by atoms with van der Waals surface area (Å²) in [6, 6.07) is 8.93. The highest BCUT2D eigenvalue weighted by molar-refractivity contribution is 5.22. The first-order chi connectivity index (χ1) is 9.65. The van der Waals surface area contributed by atoms with Gasteiger partial charge in [-0.25, -0.2) is 0 Å². The van der Waals surface area contributed by atoms with Crippen molar-refractivity contribution in [1.82, 2.24) is 10.2 Å². The molecule has 1 rings (SSSR count). The molecule has 0 amide bonds. The fraction of sp³-hybridized carbons (Fsp3) is 0.647. The third-order valence-corrected chi connectivity index (χ3v) is 3.37. The van der Waals surface area contributed by atoms with Crippen LogP contribution in [0.5, 0.6) is 0 Å². The van der Waals surface area contributed by atoms with Crippen molar-refractivity contribution in [3.05, 3.63) is 35.4 Å². The molecule has 0 aliphatic carbocycles. The van der Waals surface area contributed by atoms with E-state index in [1.807, 2.05) is 0 Å². The second-order valence-electron chi connectivity index (χ2n) is 5.70. The van der Waals surface area contributed by atoms with E-state index >= 15 is 0 Å². The highest BCUT2D eigenvalue weighted by Gasteiger charge is 2.03. The highest BCUT2D eigenvalue weighted by Crippen LogP contribution is 2.08. The molecule has 1 aromatic rings. The summed E-state index contributed by atoms with van der Waals surface area (Å²) in [5, 5.41) is 3.47. The van der Waals surface area contributed by atoms with E-state index in [1.165, 1.54) is 11.1 Å². The van der Waals surface area contributed by atoms with Gasteiger partial charge in [-0.2, -0.15) is 0 Å². The predicted molar refractivity (Wildman–Crippen MR) is 85.8 cm³/mol. The van der Waals surface area contributed by atoms with E-state index < -0.39 is 0 Å². The Bertz CT molecular complexity index is 349. The van der Waals surface area contributed by atoms with Crippen LogP contribution in [-0.4, -0.2) is 38.3 Å². The van der Waals surface area contributed by atoms with Crippen molar-refractivity contribution in [1.29, 1.82) is 0 Å².